The SMILES string of the molecule is CCCC(C)N=C(C)C1CC1(C)C. The highest BCUT2D eigenvalue weighted by atomic mass is 14.8. The summed E-state index contributed by atoms with van der Waals surface area (Å²) in [5.41, 5.74) is 1.92. The van der Waals surface area contributed by atoms with E-state index in [-0.39, 0.29) is 0 Å². The second-order valence-electron chi connectivity index (χ2n) is 5.15. The fourth-order valence-electron chi connectivity index (χ4n) is 2.10. The Morgan fingerprint density at radius 2 is 2.08 bits per heavy atom. The molecule has 0 N–H and O–H groups in total. The van der Waals surface area contributed by atoms with E-state index in [0.29, 0.717) is 11.5 Å². The fraction of sp³-hybridized carbons (Fsp3) is 0.917. The van der Waals surface area contributed by atoms with E-state index in [0.717, 1.165) is 5.92 Å². The molecule has 1 nitrogen and oxygen atoms in total. The molecule has 1 fully saturated rings. The Hall–Kier alpha value is -0.330. The summed E-state index contributed by atoms with van der Waals surface area (Å²) in [5, 5.41) is 0. The Kier molecular flexibility index (Phi) is 3.15. The minimum Gasteiger partial charge on any atom is -0.291 e. The Balaban J connectivity index is 2.43. The molecule has 13 heavy (non-hydrogen) atoms. The average Bonchev–Trinajstić information content (AvgIpc) is 2.60. The molecule has 2 atom stereocenters. The molecule has 1 heteroatoms. The lowest BCUT2D eigenvalue weighted by atomic mass is 10.1. The van der Waals surface area contributed by atoms with Gasteiger partial charge in [-0.15, -0.1) is 0 Å². The van der Waals surface area contributed by atoms with Crippen molar-refractivity contribution in [2.24, 2.45) is 16.3 Å². The van der Waals surface area contributed by atoms with Crippen molar-refractivity contribution in [1.29, 1.82) is 0 Å². The smallest absolute Gasteiger partial charge is 0.0470 e. The Morgan fingerprint density at radius 1 is 1.54 bits per heavy atom. The molecule has 1 saturated carbocycles. The number of hydrogen-bond donors (Lipinski definition) is 0. The van der Waals surface area contributed by atoms with Gasteiger partial charge >= 0.3 is 0 Å². The van der Waals surface area contributed by atoms with Crippen LogP contribution < -0.4 is 0 Å². The van der Waals surface area contributed by atoms with Gasteiger partial charge in [0, 0.05) is 17.7 Å². The van der Waals surface area contributed by atoms with Gasteiger partial charge < -0.3 is 0 Å². The molecule has 1 aliphatic carbocycles. The highest BCUT2D eigenvalue weighted by molar-refractivity contribution is 5.87. The van der Waals surface area contributed by atoms with E-state index in [4.69, 9.17) is 4.99 Å². The average molecular weight is 181 g/mol. The zero-order valence-corrected chi connectivity index (χ0v) is 9.72. The van der Waals surface area contributed by atoms with Crippen molar-refractivity contribution in [1.82, 2.24) is 0 Å². The van der Waals surface area contributed by atoms with Gasteiger partial charge in [-0.1, -0.05) is 27.2 Å². The molecule has 0 aromatic rings. The van der Waals surface area contributed by atoms with Crippen molar-refractivity contribution in [3.63, 3.8) is 0 Å². The lowest BCUT2D eigenvalue weighted by molar-refractivity contribution is 0.611. The predicted molar refractivity (Wildman–Crippen MR) is 59.4 cm³/mol. The summed E-state index contributed by atoms with van der Waals surface area (Å²) in [6.45, 7) is 11.3. The van der Waals surface area contributed by atoms with Crippen LogP contribution in [0, 0.1) is 11.3 Å². The van der Waals surface area contributed by atoms with Gasteiger partial charge in [-0.05, 0) is 32.1 Å². The van der Waals surface area contributed by atoms with Gasteiger partial charge in [0.1, 0.15) is 0 Å². The first-order chi connectivity index (χ1) is 5.97. The number of rotatable bonds is 4. The molecule has 1 aliphatic rings. The highest BCUT2D eigenvalue weighted by Gasteiger charge is 2.47. The van der Waals surface area contributed by atoms with Crippen LogP contribution in [0.2, 0.25) is 0 Å². The van der Waals surface area contributed by atoms with Crippen molar-refractivity contribution in [3.05, 3.63) is 0 Å². The van der Waals surface area contributed by atoms with Crippen molar-refractivity contribution in [2.75, 3.05) is 0 Å². The van der Waals surface area contributed by atoms with E-state index in [2.05, 4.69) is 34.6 Å². The third kappa shape index (κ3) is 2.82. The molecule has 0 aliphatic heterocycles. The van der Waals surface area contributed by atoms with Gasteiger partial charge in [0.2, 0.25) is 0 Å². The van der Waals surface area contributed by atoms with Crippen LogP contribution in [0.3, 0.4) is 0 Å². The molecule has 2 unspecified atom stereocenters. The highest BCUT2D eigenvalue weighted by Crippen LogP contribution is 2.52. The second-order valence-corrected chi connectivity index (χ2v) is 5.15. The molecule has 0 bridgehead atoms. The lowest BCUT2D eigenvalue weighted by Crippen LogP contribution is -2.07. The minimum atomic E-state index is 0.529. The quantitative estimate of drug-likeness (QED) is 0.587. The van der Waals surface area contributed by atoms with E-state index >= 15 is 0 Å². The van der Waals surface area contributed by atoms with Crippen LogP contribution in [-0.2, 0) is 0 Å². The van der Waals surface area contributed by atoms with Gasteiger partial charge in [0.05, 0.1) is 0 Å². The third-order valence-corrected chi connectivity index (χ3v) is 3.15. The first-order valence-corrected chi connectivity index (χ1v) is 5.51. The number of hydrogen-bond acceptors (Lipinski definition) is 1. The van der Waals surface area contributed by atoms with E-state index in [1.807, 2.05) is 0 Å². The van der Waals surface area contributed by atoms with E-state index in [9.17, 15) is 0 Å². The number of aliphatic imine (C=N–C) groups is 1. The van der Waals surface area contributed by atoms with E-state index < -0.39 is 0 Å². The molecule has 0 aromatic carbocycles. The summed E-state index contributed by atoms with van der Waals surface area (Å²) < 4.78 is 0. The molecular formula is C12H23N. The normalized spacial score (nSPS) is 28.7. The maximum absolute atomic E-state index is 4.74. The van der Waals surface area contributed by atoms with Crippen LogP contribution in [0.4, 0.5) is 0 Å². The molecule has 0 amide bonds. The molecule has 76 valence electrons. The zero-order chi connectivity index (χ0) is 10.1. The van der Waals surface area contributed by atoms with Gasteiger partial charge in [-0.3, -0.25) is 4.99 Å². The molecular weight excluding hydrogens is 158 g/mol. The maximum atomic E-state index is 4.74. The second kappa shape index (κ2) is 3.81. The molecule has 0 spiro atoms. The summed E-state index contributed by atoms with van der Waals surface area (Å²) >= 11 is 0. The lowest BCUT2D eigenvalue weighted by Gasteiger charge is -2.08. The third-order valence-electron chi connectivity index (χ3n) is 3.15. The first-order valence-electron chi connectivity index (χ1n) is 5.51. The van der Waals surface area contributed by atoms with Crippen LogP contribution >= 0.6 is 0 Å². The van der Waals surface area contributed by atoms with Crippen molar-refractivity contribution < 1.29 is 0 Å². The predicted octanol–water partition coefficient (Wildman–Crippen LogP) is 3.68. The fourth-order valence-corrected chi connectivity index (χ4v) is 2.10. The topological polar surface area (TPSA) is 12.4 Å². The Morgan fingerprint density at radius 3 is 2.46 bits per heavy atom. The van der Waals surface area contributed by atoms with Gasteiger partial charge in [-0.25, -0.2) is 0 Å². The van der Waals surface area contributed by atoms with E-state index in [1.54, 1.807) is 0 Å². The van der Waals surface area contributed by atoms with Gasteiger partial charge in [0.15, 0.2) is 0 Å². The standard InChI is InChI=1S/C12H23N/c1-6-7-9(2)13-10(3)11-8-12(11,4)5/h9,11H,6-8H2,1-5H3. The van der Waals surface area contributed by atoms with E-state index in [1.165, 1.54) is 25.0 Å². The molecule has 0 aromatic heterocycles. The van der Waals surface area contributed by atoms with Gasteiger partial charge in [0.25, 0.3) is 0 Å². The van der Waals surface area contributed by atoms with Crippen LogP contribution in [0.5, 0.6) is 0 Å². The van der Waals surface area contributed by atoms with Crippen molar-refractivity contribution in [3.8, 4) is 0 Å². The zero-order valence-electron chi connectivity index (χ0n) is 9.72. The maximum Gasteiger partial charge on any atom is 0.0470 e. The molecule has 0 radical (unpaired) electrons. The molecule has 1 rings (SSSR count). The van der Waals surface area contributed by atoms with Crippen molar-refractivity contribution >= 4 is 5.71 Å². The Labute approximate surface area is 82.6 Å². The van der Waals surface area contributed by atoms with Crippen molar-refractivity contribution in [2.45, 2.75) is 59.9 Å². The summed E-state index contributed by atoms with van der Waals surface area (Å²) in [4.78, 5) is 4.74. The summed E-state index contributed by atoms with van der Waals surface area (Å²) in [7, 11) is 0. The monoisotopic (exact) mass is 181 g/mol. The number of nitrogens with zero attached hydrogens (tertiary/aromatic N) is 1. The van der Waals surface area contributed by atoms with Gasteiger partial charge in [-0.2, -0.15) is 0 Å². The van der Waals surface area contributed by atoms with Crippen LogP contribution in [-0.4, -0.2) is 11.8 Å². The minimum absolute atomic E-state index is 0.529. The first kappa shape index (κ1) is 10.7. The molecule has 0 heterocycles. The summed E-state index contributed by atoms with van der Waals surface area (Å²) in [6, 6.07) is 0.529. The van der Waals surface area contributed by atoms with Crippen LogP contribution in [0.25, 0.3) is 0 Å². The van der Waals surface area contributed by atoms with Crippen LogP contribution in [0.1, 0.15) is 53.9 Å². The Bertz CT molecular complexity index is 203. The molecule has 0 saturated heterocycles. The largest absolute Gasteiger partial charge is 0.291 e. The summed E-state index contributed by atoms with van der Waals surface area (Å²) in [6.07, 6.45) is 3.80. The van der Waals surface area contributed by atoms with Crippen LogP contribution in [0.15, 0.2) is 4.99 Å². The summed E-state index contributed by atoms with van der Waals surface area (Å²) in [5.74, 6) is 0.770.